The molecule has 1 aromatic heterocycles. The van der Waals surface area contributed by atoms with Gasteiger partial charge in [0.25, 0.3) is 5.91 Å². The third kappa shape index (κ3) is 5.83. The number of hydrogen-bond acceptors (Lipinski definition) is 7. The van der Waals surface area contributed by atoms with Crippen LogP contribution in [0.25, 0.3) is 5.69 Å². The maximum absolute atomic E-state index is 11.8. The Morgan fingerprint density at radius 1 is 1.31 bits per heavy atom. The Labute approximate surface area is 156 Å². The number of esters is 1. The van der Waals surface area contributed by atoms with E-state index in [9.17, 15) is 9.59 Å². The van der Waals surface area contributed by atoms with E-state index < -0.39 is 5.97 Å². The highest BCUT2D eigenvalue weighted by atomic mass is 32.2. The summed E-state index contributed by atoms with van der Waals surface area (Å²) in [5, 5.41) is 14.8. The largest absolute Gasteiger partial charge is 0.455 e. The van der Waals surface area contributed by atoms with Gasteiger partial charge in [0.2, 0.25) is 5.16 Å². The van der Waals surface area contributed by atoms with Crippen molar-refractivity contribution < 1.29 is 14.3 Å². The number of nitrogens with one attached hydrogen (secondary N) is 1. The molecule has 0 atom stereocenters. The monoisotopic (exact) mass is 377 g/mol. The van der Waals surface area contributed by atoms with Gasteiger partial charge >= 0.3 is 5.97 Å². The van der Waals surface area contributed by atoms with Crippen LogP contribution in [0.15, 0.2) is 23.4 Å². The number of aryl methyl sites for hydroxylation is 2. The molecular formula is C17H23N5O3S. The molecule has 0 saturated carbocycles. The van der Waals surface area contributed by atoms with Gasteiger partial charge in [0.15, 0.2) is 6.61 Å². The van der Waals surface area contributed by atoms with Gasteiger partial charge in [0.1, 0.15) is 0 Å². The van der Waals surface area contributed by atoms with E-state index in [1.165, 1.54) is 0 Å². The predicted molar refractivity (Wildman–Crippen MR) is 98.2 cm³/mol. The number of nitrogens with zero attached hydrogens (tertiary/aromatic N) is 4. The molecule has 8 nitrogen and oxygen atoms in total. The molecule has 1 N–H and O–H groups in total. The molecule has 26 heavy (non-hydrogen) atoms. The van der Waals surface area contributed by atoms with Gasteiger partial charge in [0.05, 0.1) is 11.4 Å². The van der Waals surface area contributed by atoms with Gasteiger partial charge in [-0.05, 0) is 47.9 Å². The average molecular weight is 377 g/mol. The lowest BCUT2D eigenvalue weighted by Crippen LogP contribution is -2.29. The molecule has 1 amide bonds. The summed E-state index contributed by atoms with van der Waals surface area (Å²) in [6.45, 7) is 6.31. The number of carbonyl (C=O) groups is 2. The third-order valence-electron chi connectivity index (χ3n) is 3.57. The summed E-state index contributed by atoms with van der Waals surface area (Å²) < 4.78 is 6.57. The topological polar surface area (TPSA) is 99.0 Å². The lowest BCUT2D eigenvalue weighted by molar-refractivity contribution is -0.145. The molecule has 0 aliphatic carbocycles. The van der Waals surface area contributed by atoms with Crippen molar-refractivity contribution in [1.29, 1.82) is 0 Å². The van der Waals surface area contributed by atoms with Crippen LogP contribution in [-0.4, -0.2) is 51.0 Å². The molecular weight excluding hydrogens is 354 g/mol. The molecule has 0 saturated heterocycles. The van der Waals surface area contributed by atoms with Crippen molar-refractivity contribution in [2.24, 2.45) is 0 Å². The smallest absolute Gasteiger partial charge is 0.316 e. The molecule has 0 bridgehead atoms. The van der Waals surface area contributed by atoms with Gasteiger partial charge in [0, 0.05) is 6.54 Å². The van der Waals surface area contributed by atoms with Crippen LogP contribution in [0.3, 0.4) is 0 Å². The van der Waals surface area contributed by atoms with E-state index in [0.717, 1.165) is 41.4 Å². The number of tetrazole rings is 1. The number of carbonyl (C=O) groups excluding carboxylic acids is 2. The second kappa shape index (κ2) is 9.91. The van der Waals surface area contributed by atoms with E-state index in [1.807, 2.05) is 39.0 Å². The molecule has 2 aromatic rings. The maximum Gasteiger partial charge on any atom is 0.316 e. The molecule has 2 rings (SSSR count). The number of thioether (sulfide) groups is 1. The highest BCUT2D eigenvalue weighted by Crippen LogP contribution is 2.21. The number of unbranched alkanes of at least 4 members (excludes halogenated alkanes) is 1. The van der Waals surface area contributed by atoms with Crippen LogP contribution in [-0.2, 0) is 14.3 Å². The van der Waals surface area contributed by atoms with Crippen LogP contribution in [0, 0.1) is 13.8 Å². The summed E-state index contributed by atoms with van der Waals surface area (Å²) in [6.07, 6.45) is 1.89. The van der Waals surface area contributed by atoms with Gasteiger partial charge in [-0.3, -0.25) is 9.59 Å². The van der Waals surface area contributed by atoms with Gasteiger partial charge in [-0.25, -0.2) is 0 Å². The Morgan fingerprint density at radius 2 is 2.12 bits per heavy atom. The SMILES string of the molecule is CCCCNC(=O)COC(=O)CSc1nnnn1-c1cc(C)ccc1C. The fraction of sp³-hybridized carbons (Fsp3) is 0.471. The second-order valence-corrected chi connectivity index (χ2v) is 6.76. The molecule has 0 unspecified atom stereocenters. The van der Waals surface area contributed by atoms with Crippen LogP contribution in [0.1, 0.15) is 30.9 Å². The van der Waals surface area contributed by atoms with E-state index in [1.54, 1.807) is 4.68 Å². The lowest BCUT2D eigenvalue weighted by Gasteiger charge is -2.08. The van der Waals surface area contributed by atoms with E-state index in [0.29, 0.717) is 11.7 Å². The van der Waals surface area contributed by atoms with E-state index in [-0.39, 0.29) is 18.3 Å². The zero-order valence-corrected chi connectivity index (χ0v) is 16.0. The Bertz CT molecular complexity index is 763. The molecule has 1 heterocycles. The van der Waals surface area contributed by atoms with Crippen LogP contribution < -0.4 is 5.32 Å². The Morgan fingerprint density at radius 3 is 2.88 bits per heavy atom. The molecule has 0 fully saturated rings. The zero-order valence-electron chi connectivity index (χ0n) is 15.2. The third-order valence-corrected chi connectivity index (χ3v) is 4.46. The fourth-order valence-electron chi connectivity index (χ4n) is 2.13. The molecule has 1 aromatic carbocycles. The number of aromatic nitrogens is 4. The quantitative estimate of drug-likeness (QED) is 0.404. The fourth-order valence-corrected chi connectivity index (χ4v) is 2.82. The number of benzene rings is 1. The first kappa shape index (κ1) is 19.9. The van der Waals surface area contributed by atoms with Crippen LogP contribution in [0.2, 0.25) is 0 Å². The highest BCUT2D eigenvalue weighted by molar-refractivity contribution is 7.99. The number of ether oxygens (including phenoxy) is 1. The van der Waals surface area contributed by atoms with Gasteiger partial charge in [-0.15, -0.1) is 5.10 Å². The summed E-state index contributed by atoms with van der Waals surface area (Å²) in [7, 11) is 0. The molecule has 0 radical (unpaired) electrons. The van der Waals surface area contributed by atoms with Crippen molar-refractivity contribution in [2.45, 2.75) is 38.8 Å². The highest BCUT2D eigenvalue weighted by Gasteiger charge is 2.14. The summed E-state index contributed by atoms with van der Waals surface area (Å²) >= 11 is 1.16. The lowest BCUT2D eigenvalue weighted by atomic mass is 10.1. The van der Waals surface area contributed by atoms with Crippen LogP contribution in [0.4, 0.5) is 0 Å². The molecule has 0 aliphatic heterocycles. The van der Waals surface area contributed by atoms with Crippen molar-refractivity contribution in [3.8, 4) is 5.69 Å². The van der Waals surface area contributed by atoms with Crippen molar-refractivity contribution in [2.75, 3.05) is 18.9 Å². The second-order valence-electron chi connectivity index (χ2n) is 5.82. The number of rotatable bonds is 9. The minimum absolute atomic E-state index is 0.0213. The molecule has 9 heteroatoms. The minimum atomic E-state index is -0.490. The first-order valence-electron chi connectivity index (χ1n) is 8.42. The van der Waals surface area contributed by atoms with Gasteiger partial charge < -0.3 is 10.1 Å². The predicted octanol–water partition coefficient (Wildman–Crippen LogP) is 1.83. The first-order chi connectivity index (χ1) is 12.5. The summed E-state index contributed by atoms with van der Waals surface area (Å²) in [4.78, 5) is 23.4. The van der Waals surface area contributed by atoms with Crippen molar-refractivity contribution in [3.05, 3.63) is 29.3 Å². The summed E-state index contributed by atoms with van der Waals surface area (Å²) in [6, 6.07) is 5.99. The van der Waals surface area contributed by atoms with Crippen molar-refractivity contribution >= 4 is 23.6 Å². The van der Waals surface area contributed by atoms with Gasteiger partial charge in [-0.1, -0.05) is 37.2 Å². The Kier molecular flexibility index (Phi) is 7.58. The first-order valence-corrected chi connectivity index (χ1v) is 9.41. The number of amides is 1. The summed E-state index contributed by atoms with van der Waals surface area (Å²) in [5.74, 6) is -0.763. The van der Waals surface area contributed by atoms with Crippen molar-refractivity contribution in [1.82, 2.24) is 25.5 Å². The number of hydrogen-bond donors (Lipinski definition) is 1. The Hall–Kier alpha value is -2.42. The molecule has 0 spiro atoms. The van der Waals surface area contributed by atoms with Gasteiger partial charge in [-0.2, -0.15) is 4.68 Å². The minimum Gasteiger partial charge on any atom is -0.455 e. The maximum atomic E-state index is 11.8. The Balaban J connectivity index is 1.87. The molecule has 140 valence electrons. The average Bonchev–Trinajstić information content (AvgIpc) is 3.09. The van der Waals surface area contributed by atoms with E-state index in [4.69, 9.17) is 4.74 Å². The van der Waals surface area contributed by atoms with Crippen LogP contribution in [0.5, 0.6) is 0 Å². The van der Waals surface area contributed by atoms with Crippen molar-refractivity contribution in [3.63, 3.8) is 0 Å². The van der Waals surface area contributed by atoms with E-state index >= 15 is 0 Å². The van der Waals surface area contributed by atoms with E-state index in [2.05, 4.69) is 20.8 Å². The normalized spacial score (nSPS) is 10.6. The molecule has 0 aliphatic rings. The standard InChI is InChI=1S/C17H23N5O3S/c1-4-5-8-18-15(23)10-25-16(24)11-26-17-19-20-21-22(17)14-9-12(2)6-7-13(14)3/h6-7,9H,4-5,8,10-11H2,1-3H3,(H,18,23). The summed E-state index contributed by atoms with van der Waals surface area (Å²) in [5.41, 5.74) is 2.97. The van der Waals surface area contributed by atoms with Crippen LogP contribution >= 0.6 is 11.8 Å². The zero-order chi connectivity index (χ0) is 18.9.